The summed E-state index contributed by atoms with van der Waals surface area (Å²) in [5, 5.41) is 0. The summed E-state index contributed by atoms with van der Waals surface area (Å²) < 4.78 is 9.89. The van der Waals surface area contributed by atoms with Gasteiger partial charge in [0.05, 0.1) is 6.61 Å². The lowest BCUT2D eigenvalue weighted by Gasteiger charge is -2.15. The van der Waals surface area contributed by atoms with Crippen LogP contribution >= 0.6 is 0 Å². The molecule has 0 amide bonds. The normalized spacial score (nSPS) is 26.9. The summed E-state index contributed by atoms with van der Waals surface area (Å²) in [5.74, 6) is 0.486. The van der Waals surface area contributed by atoms with Crippen molar-refractivity contribution in [2.24, 2.45) is 10.9 Å². The Kier molecular flexibility index (Phi) is 3.91. The second kappa shape index (κ2) is 4.79. The minimum atomic E-state index is -0.593. The van der Waals surface area contributed by atoms with E-state index in [9.17, 15) is 4.79 Å². The molecule has 4 nitrogen and oxygen atoms in total. The summed E-state index contributed by atoms with van der Waals surface area (Å²) in [4.78, 5) is 16.1. The molecular weight excluding hydrogens is 193 g/mol. The van der Waals surface area contributed by atoms with Crippen LogP contribution in [0.2, 0.25) is 0 Å². The lowest BCUT2D eigenvalue weighted by atomic mass is 9.94. The Balaban J connectivity index is 2.62. The largest absolute Gasteiger partial charge is 0.560 e. The Morgan fingerprint density at radius 2 is 2.33 bits per heavy atom. The van der Waals surface area contributed by atoms with E-state index < -0.39 is 5.60 Å². The van der Waals surface area contributed by atoms with Crippen molar-refractivity contribution >= 4 is 20.2 Å². The van der Waals surface area contributed by atoms with Crippen LogP contribution in [0, 0.1) is 5.92 Å². The summed E-state index contributed by atoms with van der Waals surface area (Å²) in [6.07, 6.45) is 2.06. The molecule has 0 radical (unpaired) electrons. The molecular formula is C10H18BNO3. The van der Waals surface area contributed by atoms with Gasteiger partial charge in [0, 0.05) is 0 Å². The molecule has 1 heterocycles. The number of epoxide rings is 1. The van der Waals surface area contributed by atoms with Crippen LogP contribution in [0.3, 0.4) is 0 Å². The van der Waals surface area contributed by atoms with E-state index in [0.717, 1.165) is 6.42 Å². The number of ketones is 1. The van der Waals surface area contributed by atoms with E-state index in [1.165, 1.54) is 14.4 Å². The zero-order valence-corrected chi connectivity index (χ0v) is 9.82. The highest BCUT2D eigenvalue weighted by molar-refractivity contribution is 6.02. The van der Waals surface area contributed by atoms with Gasteiger partial charge >= 0.3 is 8.05 Å². The van der Waals surface area contributed by atoms with Gasteiger partial charge in [-0.05, 0) is 19.3 Å². The van der Waals surface area contributed by atoms with Gasteiger partial charge in [0.15, 0.2) is 12.2 Å². The smallest absolute Gasteiger partial charge is 0.323 e. The molecule has 0 saturated carbocycles. The first-order chi connectivity index (χ1) is 6.99. The van der Waals surface area contributed by atoms with Crippen molar-refractivity contribution in [2.75, 3.05) is 6.61 Å². The average Bonchev–Trinajstić information content (AvgIpc) is 2.90. The third-order valence-corrected chi connectivity index (χ3v) is 2.44. The zero-order valence-electron chi connectivity index (χ0n) is 9.82. The molecule has 0 aromatic rings. The Hall–Kier alpha value is -0.835. The van der Waals surface area contributed by atoms with E-state index in [4.69, 9.17) is 9.39 Å². The second-order valence-corrected chi connectivity index (χ2v) is 4.52. The van der Waals surface area contributed by atoms with Gasteiger partial charge in [0.2, 0.25) is 0 Å². The van der Waals surface area contributed by atoms with E-state index in [-0.39, 0.29) is 11.8 Å². The monoisotopic (exact) mass is 211 g/mol. The molecule has 1 unspecified atom stereocenters. The summed E-state index contributed by atoms with van der Waals surface area (Å²) in [6, 6.07) is -0.336. The summed E-state index contributed by atoms with van der Waals surface area (Å²) in [5.41, 5.74) is -0.593. The molecule has 0 spiro atoms. The number of carbonyl (C=O) groups excluding carboxylic acids is 1. The van der Waals surface area contributed by atoms with Crippen LogP contribution in [0.25, 0.3) is 0 Å². The van der Waals surface area contributed by atoms with Crippen LogP contribution in [-0.4, -0.2) is 38.5 Å². The summed E-state index contributed by atoms with van der Waals surface area (Å²) in [6.45, 7) is 6.46. The van der Waals surface area contributed by atoms with Crippen LogP contribution in [0.1, 0.15) is 27.2 Å². The van der Waals surface area contributed by atoms with Gasteiger partial charge < -0.3 is 9.39 Å². The van der Waals surface area contributed by atoms with Gasteiger partial charge in [-0.1, -0.05) is 13.8 Å². The summed E-state index contributed by atoms with van der Waals surface area (Å²) >= 11 is 0. The van der Waals surface area contributed by atoms with E-state index in [2.05, 4.69) is 18.8 Å². The van der Waals surface area contributed by atoms with Gasteiger partial charge in [0.1, 0.15) is 11.6 Å². The fourth-order valence-electron chi connectivity index (χ4n) is 1.42. The molecule has 1 saturated heterocycles. The Labute approximate surface area is 91.5 Å². The fourth-order valence-corrected chi connectivity index (χ4v) is 1.42. The molecule has 0 aliphatic carbocycles. The average molecular weight is 211 g/mol. The molecule has 1 aliphatic heterocycles. The Bertz CT molecular complexity index is 261. The number of ether oxygens (including phenoxy) is 1. The highest BCUT2D eigenvalue weighted by atomic mass is 16.6. The molecule has 1 fully saturated rings. The number of nitrogens with zero attached hydrogens (tertiary/aromatic N) is 1. The van der Waals surface area contributed by atoms with Crippen molar-refractivity contribution < 1.29 is 14.2 Å². The van der Waals surface area contributed by atoms with Gasteiger partial charge in [-0.3, -0.25) is 4.79 Å². The first-order valence-corrected chi connectivity index (χ1v) is 5.22. The minimum Gasteiger partial charge on any atom is -0.560 e. The highest BCUT2D eigenvalue weighted by Gasteiger charge is 2.49. The molecule has 1 aliphatic rings. The Morgan fingerprint density at radius 3 is 2.73 bits per heavy atom. The molecule has 2 atom stereocenters. The lowest BCUT2D eigenvalue weighted by molar-refractivity contribution is -0.125. The molecule has 0 bridgehead atoms. The SMILES string of the molecule is BOC=N[C@@H](CC(C)C)C(=O)C1(C)CO1. The van der Waals surface area contributed by atoms with Gasteiger partial charge in [0.25, 0.3) is 0 Å². The van der Waals surface area contributed by atoms with Crippen LogP contribution in [0.5, 0.6) is 0 Å². The van der Waals surface area contributed by atoms with Crippen molar-refractivity contribution in [3.05, 3.63) is 0 Å². The van der Waals surface area contributed by atoms with Crippen LogP contribution in [0.4, 0.5) is 0 Å². The predicted molar refractivity (Wildman–Crippen MR) is 60.7 cm³/mol. The van der Waals surface area contributed by atoms with Crippen LogP contribution < -0.4 is 0 Å². The molecule has 1 rings (SSSR count). The number of hydrogen-bond acceptors (Lipinski definition) is 4. The van der Waals surface area contributed by atoms with Crippen molar-refractivity contribution in [3.63, 3.8) is 0 Å². The number of rotatable bonds is 6. The number of carbonyl (C=O) groups is 1. The number of hydrogen-bond donors (Lipinski definition) is 0. The topological polar surface area (TPSA) is 51.2 Å². The first-order valence-electron chi connectivity index (χ1n) is 5.22. The van der Waals surface area contributed by atoms with Crippen molar-refractivity contribution in [3.8, 4) is 0 Å². The van der Waals surface area contributed by atoms with Gasteiger partial charge in [-0.25, -0.2) is 4.99 Å². The maximum atomic E-state index is 12.0. The first kappa shape index (κ1) is 12.2. The zero-order chi connectivity index (χ0) is 11.5. The van der Waals surface area contributed by atoms with Gasteiger partial charge in [-0.15, -0.1) is 0 Å². The second-order valence-electron chi connectivity index (χ2n) is 4.52. The number of aliphatic imine (C=N–C) groups is 1. The van der Waals surface area contributed by atoms with E-state index in [0.29, 0.717) is 12.5 Å². The molecule has 84 valence electrons. The third-order valence-electron chi connectivity index (χ3n) is 2.44. The fraction of sp³-hybridized carbons (Fsp3) is 0.800. The lowest BCUT2D eigenvalue weighted by Crippen LogP contribution is -2.33. The van der Waals surface area contributed by atoms with Crippen LogP contribution in [-0.2, 0) is 14.2 Å². The standard InChI is InChI=1S/C10H18BNO3/c1-7(2)4-8(12-6-15-11)9(13)10(3)5-14-10/h6-8H,4-5,11H2,1-3H3/t8-,10?/m0/s1. The molecule has 5 heteroatoms. The number of Topliss-reactive ketones (excluding diaryl/α,β-unsaturated/α-hetero) is 1. The molecule has 15 heavy (non-hydrogen) atoms. The summed E-state index contributed by atoms with van der Waals surface area (Å²) in [7, 11) is 1.52. The van der Waals surface area contributed by atoms with E-state index >= 15 is 0 Å². The highest BCUT2D eigenvalue weighted by Crippen LogP contribution is 2.30. The Morgan fingerprint density at radius 1 is 1.73 bits per heavy atom. The molecule has 0 N–H and O–H groups in total. The quantitative estimate of drug-likeness (QED) is 0.275. The van der Waals surface area contributed by atoms with Crippen molar-refractivity contribution in [1.29, 1.82) is 0 Å². The van der Waals surface area contributed by atoms with Crippen molar-refractivity contribution in [2.45, 2.75) is 38.8 Å². The minimum absolute atomic E-state index is 0.0597. The van der Waals surface area contributed by atoms with E-state index in [1.807, 2.05) is 6.92 Å². The maximum Gasteiger partial charge on any atom is 0.323 e. The third kappa shape index (κ3) is 3.34. The predicted octanol–water partition coefficient (Wildman–Crippen LogP) is 0.352. The van der Waals surface area contributed by atoms with E-state index in [1.54, 1.807) is 0 Å². The van der Waals surface area contributed by atoms with Crippen molar-refractivity contribution in [1.82, 2.24) is 0 Å². The van der Waals surface area contributed by atoms with Gasteiger partial charge in [-0.2, -0.15) is 0 Å². The molecule has 0 aromatic carbocycles. The maximum absolute atomic E-state index is 12.0. The molecule has 0 aromatic heterocycles. The van der Waals surface area contributed by atoms with Crippen LogP contribution in [0.15, 0.2) is 4.99 Å².